The number of methoxy groups -OCH3 is 1. The summed E-state index contributed by atoms with van der Waals surface area (Å²) < 4.78 is 5.53. The number of H-pyrrole nitrogens is 1. The number of ether oxygens (including phenoxy) is 1. The summed E-state index contributed by atoms with van der Waals surface area (Å²) in [4.78, 5) is 33.8. The second-order valence-corrected chi connectivity index (χ2v) is 6.79. The molecule has 7 heteroatoms. The molecule has 1 aromatic heterocycles. The van der Waals surface area contributed by atoms with Gasteiger partial charge in [-0.1, -0.05) is 13.8 Å². The van der Waals surface area contributed by atoms with Gasteiger partial charge in [-0.05, 0) is 34.7 Å². The van der Waals surface area contributed by atoms with Crippen molar-refractivity contribution in [2.45, 2.75) is 39.2 Å². The Bertz CT molecular complexity index is 544. The van der Waals surface area contributed by atoms with E-state index in [1.165, 1.54) is 7.11 Å². The Kier molecular flexibility index (Phi) is 5.61. The summed E-state index contributed by atoms with van der Waals surface area (Å²) in [5, 5.41) is 0. The highest BCUT2D eigenvalue weighted by Gasteiger charge is 2.37. The van der Waals surface area contributed by atoms with Gasteiger partial charge in [-0.25, -0.2) is 4.98 Å². The van der Waals surface area contributed by atoms with Crippen LogP contribution in [-0.2, 0) is 14.3 Å². The Morgan fingerprint density at radius 2 is 2.27 bits per heavy atom. The largest absolute Gasteiger partial charge is 0.469 e. The Labute approximate surface area is 138 Å². The lowest BCUT2D eigenvalue weighted by Crippen LogP contribution is -2.39. The molecule has 1 saturated heterocycles. The van der Waals surface area contributed by atoms with Gasteiger partial charge in [0.05, 0.1) is 31.7 Å². The predicted octanol–water partition coefficient (Wildman–Crippen LogP) is 2.67. The maximum absolute atomic E-state index is 12.9. The van der Waals surface area contributed by atoms with Crippen LogP contribution in [0.25, 0.3) is 0 Å². The zero-order valence-corrected chi connectivity index (χ0v) is 14.7. The molecule has 0 aliphatic carbocycles. The van der Waals surface area contributed by atoms with Gasteiger partial charge in [-0.15, -0.1) is 0 Å². The molecule has 1 aromatic rings. The number of amides is 1. The molecule has 0 bridgehead atoms. The predicted molar refractivity (Wildman–Crippen MR) is 84.9 cm³/mol. The second-order valence-electron chi connectivity index (χ2n) is 5.94. The van der Waals surface area contributed by atoms with E-state index in [9.17, 15) is 9.59 Å². The Balaban J connectivity index is 2.16. The summed E-state index contributed by atoms with van der Waals surface area (Å²) in [6.45, 7) is 4.62. The zero-order valence-electron chi connectivity index (χ0n) is 13.1. The van der Waals surface area contributed by atoms with Crippen molar-refractivity contribution >= 4 is 27.8 Å². The lowest BCUT2D eigenvalue weighted by molar-refractivity contribution is -0.148. The van der Waals surface area contributed by atoms with E-state index >= 15 is 0 Å². The number of aromatic amines is 1. The maximum atomic E-state index is 12.9. The number of rotatable bonds is 5. The molecule has 0 radical (unpaired) electrons. The third-order valence-corrected chi connectivity index (χ3v) is 4.56. The zero-order chi connectivity index (χ0) is 16.3. The van der Waals surface area contributed by atoms with Crippen molar-refractivity contribution in [3.63, 3.8) is 0 Å². The minimum absolute atomic E-state index is 0.00965. The molecule has 0 aromatic carbocycles. The number of nitrogens with zero attached hydrogens (tertiary/aromatic N) is 2. The van der Waals surface area contributed by atoms with Crippen molar-refractivity contribution in [1.29, 1.82) is 0 Å². The molecule has 1 aliphatic heterocycles. The molecule has 0 spiro atoms. The van der Waals surface area contributed by atoms with Crippen molar-refractivity contribution in [3.05, 3.63) is 16.6 Å². The first-order chi connectivity index (χ1) is 10.4. The van der Waals surface area contributed by atoms with Crippen LogP contribution in [0.1, 0.15) is 45.0 Å². The number of nitrogens with one attached hydrogen (secondary N) is 1. The Morgan fingerprint density at radius 1 is 1.55 bits per heavy atom. The van der Waals surface area contributed by atoms with E-state index in [-0.39, 0.29) is 36.2 Å². The summed E-state index contributed by atoms with van der Waals surface area (Å²) in [6, 6.07) is -0.0438. The van der Waals surface area contributed by atoms with Crippen molar-refractivity contribution in [1.82, 2.24) is 14.9 Å². The summed E-state index contributed by atoms with van der Waals surface area (Å²) in [7, 11) is 1.35. The molecule has 1 fully saturated rings. The van der Waals surface area contributed by atoms with Gasteiger partial charge in [0.25, 0.3) is 0 Å². The lowest BCUT2D eigenvalue weighted by atomic mass is 9.91. The highest BCUT2D eigenvalue weighted by atomic mass is 79.9. The molecule has 0 saturated carbocycles. The summed E-state index contributed by atoms with van der Waals surface area (Å²) in [5.74, 6) is 0.180. The van der Waals surface area contributed by atoms with Crippen molar-refractivity contribution in [3.8, 4) is 0 Å². The van der Waals surface area contributed by atoms with E-state index < -0.39 is 0 Å². The van der Waals surface area contributed by atoms with Gasteiger partial charge in [-0.3, -0.25) is 9.59 Å². The van der Waals surface area contributed by atoms with Gasteiger partial charge < -0.3 is 14.6 Å². The Hall–Kier alpha value is -1.37. The topological polar surface area (TPSA) is 75.3 Å². The first-order valence-corrected chi connectivity index (χ1v) is 8.31. The normalized spacial score (nSPS) is 19.5. The first-order valence-electron chi connectivity index (χ1n) is 7.51. The minimum atomic E-state index is -0.355. The van der Waals surface area contributed by atoms with E-state index in [1.54, 1.807) is 6.20 Å². The number of aromatic nitrogens is 2. The monoisotopic (exact) mass is 371 g/mol. The molecule has 6 nitrogen and oxygen atoms in total. The number of imidazole rings is 1. The molecule has 2 heterocycles. The molecule has 22 heavy (non-hydrogen) atoms. The SMILES string of the molecule is COC(=O)C[C@H](C(=O)N1CCC[C@H]1c1ncc(Br)[nH]1)C(C)C. The van der Waals surface area contributed by atoms with Gasteiger partial charge in [-0.2, -0.15) is 0 Å². The number of esters is 1. The first kappa shape index (κ1) is 17.0. The van der Waals surface area contributed by atoms with E-state index in [0.29, 0.717) is 6.54 Å². The van der Waals surface area contributed by atoms with Crippen LogP contribution in [0.3, 0.4) is 0 Å². The third kappa shape index (κ3) is 3.69. The van der Waals surface area contributed by atoms with Crippen LogP contribution in [0, 0.1) is 11.8 Å². The molecule has 122 valence electrons. The highest BCUT2D eigenvalue weighted by molar-refractivity contribution is 9.10. The van der Waals surface area contributed by atoms with Crippen molar-refractivity contribution in [2.24, 2.45) is 11.8 Å². The minimum Gasteiger partial charge on any atom is -0.469 e. The fraction of sp³-hybridized carbons (Fsp3) is 0.667. The quantitative estimate of drug-likeness (QED) is 0.807. The molecule has 2 rings (SSSR count). The van der Waals surface area contributed by atoms with Gasteiger partial charge in [0.2, 0.25) is 5.91 Å². The lowest BCUT2D eigenvalue weighted by Gasteiger charge is -2.29. The summed E-state index contributed by atoms with van der Waals surface area (Å²) >= 11 is 3.35. The molecule has 1 N–H and O–H groups in total. The number of likely N-dealkylation sites (tertiary alicyclic amines) is 1. The van der Waals surface area contributed by atoms with Crippen molar-refractivity contribution < 1.29 is 14.3 Å². The molecular weight excluding hydrogens is 350 g/mol. The smallest absolute Gasteiger partial charge is 0.306 e. The van der Waals surface area contributed by atoms with Crippen LogP contribution in [0.5, 0.6) is 0 Å². The fourth-order valence-corrected chi connectivity index (χ4v) is 3.19. The van der Waals surface area contributed by atoms with Crippen LogP contribution in [0.4, 0.5) is 0 Å². The summed E-state index contributed by atoms with van der Waals surface area (Å²) in [6.07, 6.45) is 3.65. The van der Waals surface area contributed by atoms with E-state index in [0.717, 1.165) is 23.3 Å². The van der Waals surface area contributed by atoms with Crippen LogP contribution >= 0.6 is 15.9 Å². The van der Waals surface area contributed by atoms with Crippen LogP contribution in [-0.4, -0.2) is 40.4 Å². The van der Waals surface area contributed by atoms with E-state index in [1.807, 2.05) is 18.7 Å². The second kappa shape index (κ2) is 7.26. The Morgan fingerprint density at radius 3 is 2.82 bits per heavy atom. The molecule has 2 atom stereocenters. The molecular formula is C15H22BrN3O3. The maximum Gasteiger partial charge on any atom is 0.306 e. The van der Waals surface area contributed by atoms with Crippen LogP contribution < -0.4 is 0 Å². The highest BCUT2D eigenvalue weighted by Crippen LogP contribution is 2.33. The van der Waals surface area contributed by atoms with Gasteiger partial charge in [0.15, 0.2) is 0 Å². The van der Waals surface area contributed by atoms with Crippen molar-refractivity contribution in [2.75, 3.05) is 13.7 Å². The average molecular weight is 372 g/mol. The number of hydrogen-bond donors (Lipinski definition) is 1. The summed E-state index contributed by atoms with van der Waals surface area (Å²) in [5.41, 5.74) is 0. The molecule has 1 amide bonds. The average Bonchev–Trinajstić information content (AvgIpc) is 3.11. The van der Waals surface area contributed by atoms with E-state index in [2.05, 4.69) is 25.9 Å². The number of hydrogen-bond acceptors (Lipinski definition) is 4. The van der Waals surface area contributed by atoms with Gasteiger partial charge >= 0.3 is 5.97 Å². The molecule has 0 unspecified atom stereocenters. The fourth-order valence-electron chi connectivity index (χ4n) is 2.88. The number of halogens is 1. The van der Waals surface area contributed by atoms with Crippen LogP contribution in [0.15, 0.2) is 10.8 Å². The van der Waals surface area contributed by atoms with Gasteiger partial charge in [0, 0.05) is 6.54 Å². The van der Waals surface area contributed by atoms with Gasteiger partial charge in [0.1, 0.15) is 10.4 Å². The number of carbonyl (C=O) groups excluding carboxylic acids is 2. The third-order valence-electron chi connectivity index (χ3n) is 4.15. The van der Waals surface area contributed by atoms with E-state index in [4.69, 9.17) is 4.74 Å². The number of carbonyl (C=O) groups is 2. The standard InChI is InChI=1S/C15H22BrN3O3/c1-9(2)10(7-13(20)22-3)15(21)19-6-4-5-11(19)14-17-8-12(16)18-14/h8-11H,4-7H2,1-3H3,(H,17,18)/t10-,11-/m0/s1. The van der Waals surface area contributed by atoms with Crippen LogP contribution in [0.2, 0.25) is 0 Å². The molecule has 1 aliphatic rings.